The number of amidine groups is 1. The summed E-state index contributed by atoms with van der Waals surface area (Å²) in [4.78, 5) is 27.0. The Balaban J connectivity index is 0.000000454. The molecule has 0 aliphatic carbocycles. The van der Waals surface area contributed by atoms with Crippen molar-refractivity contribution in [2.75, 3.05) is 18.4 Å². The van der Waals surface area contributed by atoms with Gasteiger partial charge in [-0.3, -0.25) is 4.79 Å². The summed E-state index contributed by atoms with van der Waals surface area (Å²) in [6.45, 7) is -0.163. The van der Waals surface area contributed by atoms with Crippen molar-refractivity contribution in [3.05, 3.63) is 64.7 Å². The Morgan fingerprint density at radius 3 is 2.28 bits per heavy atom. The van der Waals surface area contributed by atoms with Crippen LogP contribution in [0, 0.1) is 23.0 Å². The van der Waals surface area contributed by atoms with Gasteiger partial charge in [0.1, 0.15) is 17.5 Å². The number of carbonyl (C=O) groups is 2. The molecule has 8 nitrogen and oxygen atoms in total. The number of nitrogens with one attached hydrogen (secondary N) is 1. The van der Waals surface area contributed by atoms with Crippen LogP contribution in [0.4, 0.5) is 32.0 Å². The lowest BCUT2D eigenvalue weighted by molar-refractivity contribution is -0.192. The Hall–Kier alpha value is -4.28. The summed E-state index contributed by atoms with van der Waals surface area (Å²) in [6.07, 6.45) is -6.76. The summed E-state index contributed by atoms with van der Waals surface area (Å²) in [7, 11) is 0. The molecule has 4 rings (SSSR count). The largest absolute Gasteiger partial charge is 0.490 e. The number of carbonyl (C=O) groups excluding carboxylic acids is 1. The third-order valence-electron chi connectivity index (χ3n) is 5.47. The monoisotopic (exact) mass is 513 g/mol. The Bertz CT molecular complexity index is 1260. The van der Waals surface area contributed by atoms with Crippen molar-refractivity contribution in [1.29, 1.82) is 5.26 Å². The van der Waals surface area contributed by atoms with E-state index >= 15 is 4.39 Å². The molecule has 1 fully saturated rings. The maximum atomic E-state index is 15.2. The molecule has 1 saturated heterocycles. The number of amides is 1. The number of carboxylic acid groups (broad SMARTS) is 1. The molecular weight excluding hydrogens is 496 g/mol. The molecule has 2 atom stereocenters. The van der Waals surface area contributed by atoms with Gasteiger partial charge in [-0.05, 0) is 36.4 Å². The van der Waals surface area contributed by atoms with Gasteiger partial charge >= 0.3 is 12.1 Å². The van der Waals surface area contributed by atoms with E-state index in [1.165, 1.54) is 29.2 Å². The van der Waals surface area contributed by atoms with Gasteiger partial charge in [0.05, 0.1) is 29.4 Å². The van der Waals surface area contributed by atoms with Crippen LogP contribution < -0.4 is 11.1 Å². The first-order valence-electron chi connectivity index (χ1n) is 10.1. The van der Waals surface area contributed by atoms with Gasteiger partial charge in [0.2, 0.25) is 0 Å². The number of nitrogens with two attached hydrogens (primary N) is 1. The zero-order valence-corrected chi connectivity index (χ0v) is 18.1. The molecule has 36 heavy (non-hydrogen) atoms. The van der Waals surface area contributed by atoms with Crippen LogP contribution in [0.25, 0.3) is 0 Å². The first-order valence-corrected chi connectivity index (χ1v) is 10.1. The van der Waals surface area contributed by atoms with E-state index in [1.54, 1.807) is 0 Å². The number of aliphatic carboxylic acids is 1. The van der Waals surface area contributed by atoms with Gasteiger partial charge in [0, 0.05) is 18.5 Å². The molecule has 2 aromatic carbocycles. The van der Waals surface area contributed by atoms with E-state index < -0.39 is 41.5 Å². The fourth-order valence-corrected chi connectivity index (χ4v) is 3.66. The standard InChI is InChI=1S/C20H16F3N5O.C2HF3O2/c21-13-5-6-14(22)17-16(13)18(25)27-20(26-17)7-8-28(10-15(20)23)19(29)12-3-1-11(9-24)2-4-12;3-2(4,5)1(6)7/h1-6,15,26H,7-8,10H2,(H2,25,27);(H,6,7). The molecule has 2 unspecified atom stereocenters. The van der Waals surface area contributed by atoms with Crippen LogP contribution in [-0.2, 0) is 4.79 Å². The quantitative estimate of drug-likeness (QED) is 0.502. The molecule has 1 amide bonds. The van der Waals surface area contributed by atoms with Gasteiger partial charge in [-0.1, -0.05) is 0 Å². The molecule has 2 aliphatic rings. The average Bonchev–Trinajstić information content (AvgIpc) is 2.82. The van der Waals surface area contributed by atoms with Gasteiger partial charge in [-0.25, -0.2) is 23.0 Å². The Labute approximate surface area is 199 Å². The van der Waals surface area contributed by atoms with Crippen molar-refractivity contribution in [1.82, 2.24) is 4.90 Å². The Morgan fingerprint density at radius 1 is 1.17 bits per heavy atom. The smallest absolute Gasteiger partial charge is 0.475 e. The second-order valence-electron chi connectivity index (χ2n) is 7.79. The van der Waals surface area contributed by atoms with Crippen molar-refractivity contribution in [3.8, 4) is 6.07 Å². The SMILES string of the molecule is N#Cc1ccc(C(=O)N2CCC3(N=C(N)c4c(F)ccc(F)c4N3)C(F)C2)cc1.O=C(O)C(F)(F)F. The average molecular weight is 513 g/mol. The highest BCUT2D eigenvalue weighted by Gasteiger charge is 2.48. The number of likely N-dealkylation sites (tertiary alicyclic amines) is 1. The van der Waals surface area contributed by atoms with E-state index in [9.17, 15) is 26.7 Å². The molecule has 2 heterocycles. The van der Waals surface area contributed by atoms with Crippen molar-refractivity contribution < 1.29 is 41.0 Å². The third-order valence-corrected chi connectivity index (χ3v) is 5.47. The number of nitrogens with zero attached hydrogens (tertiary/aromatic N) is 3. The van der Waals surface area contributed by atoms with E-state index in [0.717, 1.165) is 12.1 Å². The highest BCUT2D eigenvalue weighted by atomic mass is 19.4. The summed E-state index contributed by atoms with van der Waals surface area (Å²) in [5.74, 6) is -4.95. The maximum absolute atomic E-state index is 15.2. The predicted molar refractivity (Wildman–Crippen MR) is 114 cm³/mol. The van der Waals surface area contributed by atoms with E-state index in [4.69, 9.17) is 20.9 Å². The van der Waals surface area contributed by atoms with Crippen LogP contribution in [0.3, 0.4) is 0 Å². The zero-order chi connectivity index (χ0) is 26.8. The summed E-state index contributed by atoms with van der Waals surface area (Å²) >= 11 is 0. The number of nitriles is 1. The van der Waals surface area contributed by atoms with E-state index in [2.05, 4.69) is 10.3 Å². The molecule has 190 valence electrons. The normalized spacial score (nSPS) is 20.8. The highest BCUT2D eigenvalue weighted by Crippen LogP contribution is 2.38. The number of benzene rings is 2. The van der Waals surface area contributed by atoms with Gasteiger partial charge in [0.25, 0.3) is 5.91 Å². The highest BCUT2D eigenvalue weighted by molar-refractivity contribution is 6.04. The molecule has 0 bridgehead atoms. The fraction of sp³-hybridized carbons (Fsp3) is 0.273. The molecule has 0 saturated carbocycles. The number of hydrogen-bond acceptors (Lipinski definition) is 6. The molecule has 0 aromatic heterocycles. The van der Waals surface area contributed by atoms with Crippen LogP contribution in [0.5, 0.6) is 0 Å². The number of piperidine rings is 1. The Morgan fingerprint density at radius 2 is 1.75 bits per heavy atom. The minimum Gasteiger partial charge on any atom is -0.475 e. The third kappa shape index (κ3) is 5.19. The van der Waals surface area contributed by atoms with E-state index in [1.807, 2.05) is 6.07 Å². The molecule has 2 aliphatic heterocycles. The van der Waals surface area contributed by atoms with Crippen LogP contribution in [0.1, 0.15) is 27.9 Å². The summed E-state index contributed by atoms with van der Waals surface area (Å²) in [6, 6.07) is 9.85. The molecule has 1 spiro atoms. The molecule has 2 aromatic rings. The number of fused-ring (bicyclic) bond motifs is 1. The minimum absolute atomic E-state index is 0.0201. The lowest BCUT2D eigenvalue weighted by Gasteiger charge is -2.44. The molecule has 4 N–H and O–H groups in total. The minimum atomic E-state index is -5.08. The maximum Gasteiger partial charge on any atom is 0.490 e. The summed E-state index contributed by atoms with van der Waals surface area (Å²) < 4.78 is 75.2. The molecular formula is C22H17F6N5O3. The number of alkyl halides is 4. The van der Waals surface area contributed by atoms with Crippen molar-refractivity contribution in [2.45, 2.75) is 24.4 Å². The number of halogens is 6. The lowest BCUT2D eigenvalue weighted by atomic mass is 9.91. The first-order chi connectivity index (χ1) is 16.8. The van der Waals surface area contributed by atoms with Crippen LogP contribution in [-0.4, -0.2) is 58.8 Å². The first kappa shape index (κ1) is 26.3. The van der Waals surface area contributed by atoms with Gasteiger partial charge in [0.15, 0.2) is 11.8 Å². The fourth-order valence-electron chi connectivity index (χ4n) is 3.66. The summed E-state index contributed by atoms with van der Waals surface area (Å²) in [5.41, 5.74) is 4.53. The topological polar surface area (TPSA) is 132 Å². The second-order valence-corrected chi connectivity index (χ2v) is 7.79. The van der Waals surface area contributed by atoms with Crippen LogP contribution >= 0.6 is 0 Å². The van der Waals surface area contributed by atoms with Crippen molar-refractivity contribution >= 4 is 23.4 Å². The van der Waals surface area contributed by atoms with Crippen LogP contribution in [0.15, 0.2) is 41.4 Å². The van der Waals surface area contributed by atoms with Crippen molar-refractivity contribution in [3.63, 3.8) is 0 Å². The van der Waals surface area contributed by atoms with E-state index in [0.29, 0.717) is 11.1 Å². The molecule has 14 heteroatoms. The number of anilines is 1. The second kappa shape index (κ2) is 9.76. The number of aliphatic imine (C=N–C) groups is 1. The number of rotatable bonds is 1. The zero-order valence-electron chi connectivity index (χ0n) is 18.1. The summed E-state index contributed by atoms with van der Waals surface area (Å²) in [5, 5.41) is 18.7. The van der Waals surface area contributed by atoms with E-state index in [-0.39, 0.29) is 36.6 Å². The van der Waals surface area contributed by atoms with Crippen molar-refractivity contribution in [2.24, 2.45) is 10.7 Å². The predicted octanol–water partition coefficient (Wildman–Crippen LogP) is 3.18. The van der Waals surface area contributed by atoms with Gasteiger partial charge in [-0.15, -0.1) is 0 Å². The number of hydrogen-bond donors (Lipinski definition) is 3. The van der Waals surface area contributed by atoms with Gasteiger partial charge in [-0.2, -0.15) is 18.4 Å². The Kier molecular flexibility index (Phi) is 7.14. The van der Waals surface area contributed by atoms with Gasteiger partial charge < -0.3 is 21.1 Å². The van der Waals surface area contributed by atoms with Crippen LogP contribution in [0.2, 0.25) is 0 Å². The lowest BCUT2D eigenvalue weighted by Crippen LogP contribution is -2.60. The number of carboxylic acids is 1. The molecule has 0 radical (unpaired) electrons.